The maximum absolute atomic E-state index is 12.8. The molecule has 0 saturated carbocycles. The molecule has 118 valence electrons. The van der Waals surface area contributed by atoms with E-state index < -0.39 is 33.3 Å². The molecule has 0 bridgehead atoms. The molecule has 1 atom stereocenters. The average molecular weight is 348 g/mol. The molecule has 0 heterocycles. The van der Waals surface area contributed by atoms with Gasteiger partial charge in [-0.1, -0.05) is 12.1 Å². The summed E-state index contributed by atoms with van der Waals surface area (Å²) >= 11 is 0. The lowest BCUT2D eigenvalue weighted by Crippen LogP contribution is -2.45. The Bertz CT molecular complexity index is 619. The van der Waals surface area contributed by atoms with Gasteiger partial charge >= 0.3 is 12.3 Å². The van der Waals surface area contributed by atoms with Gasteiger partial charge in [-0.05, 0) is 24.6 Å². The molecule has 1 rings (SSSR count). The third kappa shape index (κ3) is 4.31. The molecule has 10 heteroatoms. The topological polar surface area (TPSA) is 63.2 Å². The fraction of sp³-hybridized carbons (Fsp3) is 0.364. The number of benzene rings is 1. The Hall–Kier alpha value is -1.35. The van der Waals surface area contributed by atoms with Gasteiger partial charge in [0.05, 0.1) is 10.9 Å². The zero-order valence-electron chi connectivity index (χ0n) is 10.5. The molecular weight excluding hydrogens is 338 g/mol. The van der Waals surface area contributed by atoms with Crippen LogP contribution in [0.1, 0.15) is 18.5 Å². The Morgan fingerprint density at radius 1 is 1.24 bits per heavy atom. The summed E-state index contributed by atoms with van der Waals surface area (Å²) in [6.45, 7) is 1.28. The minimum Gasteiger partial charge on any atom is -0.344 e. The van der Waals surface area contributed by atoms with Crippen LogP contribution < -0.4 is 5.32 Å². The van der Waals surface area contributed by atoms with Crippen LogP contribution >= 0.6 is 10.7 Å². The molecule has 0 saturated heterocycles. The summed E-state index contributed by atoms with van der Waals surface area (Å²) < 4.78 is 71.6. The first-order chi connectivity index (χ1) is 9.46. The SMILES string of the molecule is CC(NC(=O)C(F)(F)C(F)F)c1ccc(S(=O)(=O)Cl)cc1. The minimum atomic E-state index is -4.80. The number of carbonyl (C=O) groups excluding carboxylic acids is 1. The molecular formula is C11H10ClF4NO3S. The van der Waals surface area contributed by atoms with Crippen LogP contribution in [0.25, 0.3) is 0 Å². The molecule has 0 aliphatic heterocycles. The zero-order valence-corrected chi connectivity index (χ0v) is 12.1. The number of alkyl halides is 4. The zero-order chi connectivity index (χ0) is 16.4. The van der Waals surface area contributed by atoms with Crippen LogP contribution in [0.3, 0.4) is 0 Å². The van der Waals surface area contributed by atoms with Crippen molar-refractivity contribution in [3.63, 3.8) is 0 Å². The van der Waals surface area contributed by atoms with Crippen LogP contribution in [0.5, 0.6) is 0 Å². The molecule has 4 nitrogen and oxygen atoms in total. The second-order valence-corrected chi connectivity index (χ2v) is 6.69. The highest BCUT2D eigenvalue weighted by Gasteiger charge is 2.49. The summed E-state index contributed by atoms with van der Waals surface area (Å²) in [5.74, 6) is -6.91. The molecule has 0 spiro atoms. The number of hydrogen-bond donors (Lipinski definition) is 1. The number of nitrogens with one attached hydrogen (secondary N) is 1. The van der Waals surface area contributed by atoms with Crippen molar-refractivity contribution in [3.8, 4) is 0 Å². The van der Waals surface area contributed by atoms with E-state index in [-0.39, 0.29) is 10.5 Å². The number of carbonyl (C=O) groups is 1. The number of halogens is 5. The van der Waals surface area contributed by atoms with E-state index in [1.807, 2.05) is 0 Å². The van der Waals surface area contributed by atoms with Gasteiger partial charge in [0.2, 0.25) is 0 Å². The van der Waals surface area contributed by atoms with Crippen LogP contribution in [-0.4, -0.2) is 26.7 Å². The van der Waals surface area contributed by atoms with Crippen molar-refractivity contribution in [2.75, 3.05) is 0 Å². The summed E-state index contributed by atoms with van der Waals surface area (Å²) in [6.07, 6.45) is -4.12. The fourth-order valence-electron chi connectivity index (χ4n) is 1.39. The second kappa shape index (κ2) is 6.18. The third-order valence-corrected chi connectivity index (χ3v) is 3.96. The van der Waals surface area contributed by atoms with Gasteiger partial charge in [0, 0.05) is 10.7 Å². The van der Waals surface area contributed by atoms with Crippen molar-refractivity contribution in [2.45, 2.75) is 30.2 Å². The first-order valence-electron chi connectivity index (χ1n) is 5.48. The van der Waals surface area contributed by atoms with Crippen molar-refractivity contribution in [3.05, 3.63) is 29.8 Å². The van der Waals surface area contributed by atoms with Crippen molar-refractivity contribution in [1.29, 1.82) is 0 Å². The Labute approximate surface area is 122 Å². The van der Waals surface area contributed by atoms with Gasteiger partial charge in [0.1, 0.15) is 0 Å². The first-order valence-corrected chi connectivity index (χ1v) is 7.78. The molecule has 1 amide bonds. The standard InChI is InChI=1S/C11H10ClF4NO3S/c1-6(17-10(18)11(15,16)9(13)14)7-2-4-8(5-3-7)21(12,19)20/h2-6,9H,1H3,(H,17,18). The highest BCUT2D eigenvalue weighted by atomic mass is 35.7. The number of amides is 1. The summed E-state index contributed by atoms with van der Waals surface area (Å²) in [5.41, 5.74) is 0.248. The average Bonchev–Trinajstić information content (AvgIpc) is 2.37. The van der Waals surface area contributed by atoms with Gasteiger partial charge in [0.15, 0.2) is 0 Å². The maximum atomic E-state index is 12.8. The molecule has 0 aliphatic rings. The third-order valence-electron chi connectivity index (χ3n) is 2.59. The Morgan fingerprint density at radius 3 is 2.10 bits per heavy atom. The van der Waals surface area contributed by atoms with Crippen LogP contribution in [-0.2, 0) is 13.8 Å². The molecule has 1 N–H and O–H groups in total. The van der Waals surface area contributed by atoms with Gasteiger partial charge in [-0.15, -0.1) is 0 Å². The number of rotatable bonds is 5. The molecule has 1 aromatic rings. The predicted octanol–water partition coefficient (Wildman–Crippen LogP) is 2.69. The maximum Gasteiger partial charge on any atom is 0.383 e. The van der Waals surface area contributed by atoms with Crippen LogP contribution in [0.2, 0.25) is 0 Å². The largest absolute Gasteiger partial charge is 0.383 e. The van der Waals surface area contributed by atoms with E-state index in [4.69, 9.17) is 10.7 Å². The Balaban J connectivity index is 2.86. The molecule has 0 aliphatic carbocycles. The lowest BCUT2D eigenvalue weighted by molar-refractivity contribution is -0.170. The van der Waals surface area contributed by atoms with Gasteiger partial charge in [0.25, 0.3) is 15.0 Å². The molecule has 21 heavy (non-hydrogen) atoms. The molecule has 1 unspecified atom stereocenters. The highest BCUT2D eigenvalue weighted by molar-refractivity contribution is 8.13. The van der Waals surface area contributed by atoms with E-state index in [1.54, 1.807) is 5.32 Å². The quantitative estimate of drug-likeness (QED) is 0.658. The number of hydrogen-bond acceptors (Lipinski definition) is 3. The molecule has 1 aromatic carbocycles. The van der Waals surface area contributed by atoms with E-state index in [9.17, 15) is 30.8 Å². The van der Waals surface area contributed by atoms with Crippen LogP contribution in [0.15, 0.2) is 29.2 Å². The van der Waals surface area contributed by atoms with Crippen LogP contribution in [0.4, 0.5) is 17.6 Å². The monoisotopic (exact) mass is 347 g/mol. The van der Waals surface area contributed by atoms with E-state index in [2.05, 4.69) is 0 Å². The van der Waals surface area contributed by atoms with E-state index >= 15 is 0 Å². The van der Waals surface area contributed by atoms with Crippen LogP contribution in [0, 0.1) is 0 Å². The Morgan fingerprint density at radius 2 is 1.71 bits per heavy atom. The summed E-state index contributed by atoms with van der Waals surface area (Å²) in [5, 5.41) is 1.72. The normalized spacial score (nSPS) is 14.0. The Kier molecular flexibility index (Phi) is 5.21. The lowest BCUT2D eigenvalue weighted by Gasteiger charge is -2.19. The molecule has 0 radical (unpaired) electrons. The summed E-state index contributed by atoms with van der Waals surface area (Å²) in [6, 6.07) is 3.63. The molecule has 0 fully saturated rings. The highest BCUT2D eigenvalue weighted by Crippen LogP contribution is 2.25. The van der Waals surface area contributed by atoms with E-state index in [0.717, 1.165) is 12.1 Å². The van der Waals surface area contributed by atoms with Gasteiger partial charge in [-0.2, -0.15) is 8.78 Å². The second-order valence-electron chi connectivity index (χ2n) is 4.13. The summed E-state index contributed by atoms with van der Waals surface area (Å²) in [4.78, 5) is 10.8. The van der Waals surface area contributed by atoms with Crippen molar-refractivity contribution in [2.24, 2.45) is 0 Å². The van der Waals surface area contributed by atoms with Crippen molar-refractivity contribution >= 4 is 25.6 Å². The van der Waals surface area contributed by atoms with Crippen molar-refractivity contribution in [1.82, 2.24) is 5.32 Å². The minimum absolute atomic E-state index is 0.218. The first kappa shape index (κ1) is 17.7. The van der Waals surface area contributed by atoms with Crippen molar-refractivity contribution < 1.29 is 30.8 Å². The lowest BCUT2D eigenvalue weighted by atomic mass is 10.1. The van der Waals surface area contributed by atoms with E-state index in [1.165, 1.54) is 19.1 Å². The van der Waals surface area contributed by atoms with Gasteiger partial charge < -0.3 is 5.32 Å². The smallest absolute Gasteiger partial charge is 0.344 e. The van der Waals surface area contributed by atoms with Gasteiger partial charge in [-0.25, -0.2) is 17.2 Å². The summed E-state index contributed by atoms with van der Waals surface area (Å²) in [7, 11) is 1.15. The predicted molar refractivity (Wildman–Crippen MR) is 67.0 cm³/mol. The van der Waals surface area contributed by atoms with Gasteiger partial charge in [-0.3, -0.25) is 4.79 Å². The molecule has 0 aromatic heterocycles. The fourth-order valence-corrected chi connectivity index (χ4v) is 2.16. The van der Waals surface area contributed by atoms with E-state index in [0.29, 0.717) is 0 Å².